The van der Waals surface area contributed by atoms with Gasteiger partial charge in [0, 0.05) is 30.9 Å². The topological polar surface area (TPSA) is 86.9 Å². The summed E-state index contributed by atoms with van der Waals surface area (Å²) in [6.07, 6.45) is 3.83. The largest absolute Gasteiger partial charge is 0.348 e. The Hall–Kier alpha value is -0.920. The molecule has 0 radical (unpaired) electrons. The Labute approximate surface area is 89.7 Å². The zero-order valence-corrected chi connectivity index (χ0v) is 9.63. The number of imidazole rings is 1. The number of hydrogen-bond donors (Lipinski definition) is 3. The summed E-state index contributed by atoms with van der Waals surface area (Å²) < 4.78 is 27.5. The molecule has 3 N–H and O–H groups in total. The van der Waals surface area contributed by atoms with E-state index in [2.05, 4.69) is 19.4 Å². The van der Waals surface area contributed by atoms with Crippen molar-refractivity contribution < 1.29 is 8.42 Å². The van der Waals surface area contributed by atoms with E-state index < -0.39 is 10.2 Å². The van der Waals surface area contributed by atoms with Crippen LogP contribution in [0.2, 0.25) is 0 Å². The minimum absolute atomic E-state index is 0.102. The summed E-state index contributed by atoms with van der Waals surface area (Å²) in [6, 6.07) is -0.102. The first kappa shape index (κ1) is 12.2. The van der Waals surface area contributed by atoms with Crippen LogP contribution in [0.5, 0.6) is 0 Å². The third-order valence-electron chi connectivity index (χ3n) is 1.63. The molecular weight excluding hydrogens is 216 g/mol. The molecule has 0 amide bonds. The molecule has 1 heterocycles. The van der Waals surface area contributed by atoms with Gasteiger partial charge in [-0.2, -0.15) is 13.1 Å². The van der Waals surface area contributed by atoms with Gasteiger partial charge in [0.1, 0.15) is 0 Å². The number of aromatic amines is 1. The average molecular weight is 232 g/mol. The van der Waals surface area contributed by atoms with Crippen molar-refractivity contribution in [3.05, 3.63) is 18.2 Å². The fourth-order valence-electron chi connectivity index (χ4n) is 1.09. The van der Waals surface area contributed by atoms with Crippen molar-refractivity contribution in [2.24, 2.45) is 0 Å². The summed E-state index contributed by atoms with van der Waals surface area (Å²) in [5, 5.41) is 0. The molecule has 0 fully saturated rings. The van der Waals surface area contributed by atoms with Crippen molar-refractivity contribution >= 4 is 10.2 Å². The van der Waals surface area contributed by atoms with Gasteiger partial charge in [0.15, 0.2) is 0 Å². The standard InChI is InChI=1S/C8H16N4O2S/c1-7(2)12-15(13,14)11-4-3-8-5-9-6-10-8/h5-7,11-12H,3-4H2,1-2H3,(H,9,10). The molecule has 0 aliphatic heterocycles. The zero-order valence-electron chi connectivity index (χ0n) is 8.82. The monoisotopic (exact) mass is 232 g/mol. The lowest BCUT2D eigenvalue weighted by atomic mass is 10.3. The van der Waals surface area contributed by atoms with E-state index in [9.17, 15) is 8.42 Å². The van der Waals surface area contributed by atoms with Crippen LogP contribution in [0.3, 0.4) is 0 Å². The van der Waals surface area contributed by atoms with Gasteiger partial charge in [-0.15, -0.1) is 0 Å². The quantitative estimate of drug-likeness (QED) is 0.634. The summed E-state index contributed by atoms with van der Waals surface area (Å²) in [4.78, 5) is 6.74. The number of rotatable bonds is 6. The number of nitrogens with one attached hydrogen (secondary N) is 3. The van der Waals surface area contributed by atoms with Crippen LogP contribution in [-0.2, 0) is 16.6 Å². The summed E-state index contributed by atoms with van der Waals surface area (Å²) in [7, 11) is -3.37. The van der Waals surface area contributed by atoms with E-state index in [1.54, 1.807) is 26.4 Å². The number of aromatic nitrogens is 2. The predicted octanol–water partition coefficient (Wildman–Crippen LogP) is -0.215. The molecule has 1 rings (SSSR count). The van der Waals surface area contributed by atoms with Crippen LogP contribution in [0.1, 0.15) is 19.5 Å². The van der Waals surface area contributed by atoms with Gasteiger partial charge in [-0.3, -0.25) is 0 Å². The van der Waals surface area contributed by atoms with Gasteiger partial charge >= 0.3 is 0 Å². The fourth-order valence-corrected chi connectivity index (χ4v) is 2.17. The Morgan fingerprint density at radius 3 is 2.80 bits per heavy atom. The highest BCUT2D eigenvalue weighted by Gasteiger charge is 2.09. The second kappa shape index (κ2) is 5.24. The first-order chi connectivity index (χ1) is 6.99. The van der Waals surface area contributed by atoms with Crippen molar-refractivity contribution in [2.45, 2.75) is 26.3 Å². The average Bonchev–Trinajstić information content (AvgIpc) is 2.53. The van der Waals surface area contributed by atoms with Crippen molar-refractivity contribution in [3.8, 4) is 0 Å². The molecule has 0 aliphatic rings. The molecule has 15 heavy (non-hydrogen) atoms. The molecule has 1 aromatic rings. The smallest absolute Gasteiger partial charge is 0.277 e. The van der Waals surface area contributed by atoms with Crippen LogP contribution >= 0.6 is 0 Å². The molecule has 0 atom stereocenters. The van der Waals surface area contributed by atoms with Crippen LogP contribution in [0.4, 0.5) is 0 Å². The van der Waals surface area contributed by atoms with Gasteiger partial charge < -0.3 is 4.98 Å². The lowest BCUT2D eigenvalue weighted by Gasteiger charge is -2.09. The third kappa shape index (κ3) is 4.91. The van der Waals surface area contributed by atoms with Crippen molar-refractivity contribution in [1.82, 2.24) is 19.4 Å². The molecule has 0 aliphatic carbocycles. The first-order valence-corrected chi connectivity index (χ1v) is 6.22. The minimum atomic E-state index is -3.37. The summed E-state index contributed by atoms with van der Waals surface area (Å²) in [5.41, 5.74) is 0.905. The van der Waals surface area contributed by atoms with Gasteiger partial charge in [0.25, 0.3) is 10.2 Å². The highest BCUT2D eigenvalue weighted by molar-refractivity contribution is 7.87. The Balaban J connectivity index is 2.31. The van der Waals surface area contributed by atoms with Crippen LogP contribution in [0.25, 0.3) is 0 Å². The highest BCUT2D eigenvalue weighted by Crippen LogP contribution is 1.91. The molecule has 0 bridgehead atoms. The Kier molecular flexibility index (Phi) is 4.25. The molecule has 1 aromatic heterocycles. The Bertz CT molecular complexity index is 371. The molecule has 0 saturated heterocycles. The maximum atomic E-state index is 11.3. The lowest BCUT2D eigenvalue weighted by Crippen LogP contribution is -2.41. The van der Waals surface area contributed by atoms with E-state index in [1.165, 1.54) is 0 Å². The molecule has 0 saturated carbocycles. The van der Waals surface area contributed by atoms with Gasteiger partial charge in [-0.25, -0.2) is 9.71 Å². The van der Waals surface area contributed by atoms with E-state index in [1.807, 2.05) is 0 Å². The fraction of sp³-hybridized carbons (Fsp3) is 0.625. The molecule has 0 aromatic carbocycles. The summed E-state index contributed by atoms with van der Waals surface area (Å²) in [5.74, 6) is 0. The Morgan fingerprint density at radius 1 is 1.53 bits per heavy atom. The summed E-state index contributed by atoms with van der Waals surface area (Å²) >= 11 is 0. The maximum absolute atomic E-state index is 11.3. The molecule has 7 heteroatoms. The second-order valence-corrected chi connectivity index (χ2v) is 5.03. The van der Waals surface area contributed by atoms with E-state index in [4.69, 9.17) is 0 Å². The van der Waals surface area contributed by atoms with Crippen LogP contribution in [-0.4, -0.2) is 31.0 Å². The predicted molar refractivity (Wildman–Crippen MR) is 57.5 cm³/mol. The zero-order chi connectivity index (χ0) is 11.3. The number of H-pyrrole nitrogens is 1. The second-order valence-electron chi connectivity index (χ2n) is 3.50. The van der Waals surface area contributed by atoms with Gasteiger partial charge in [-0.1, -0.05) is 0 Å². The third-order valence-corrected chi connectivity index (χ3v) is 3.00. The summed E-state index contributed by atoms with van der Waals surface area (Å²) in [6.45, 7) is 3.90. The lowest BCUT2D eigenvalue weighted by molar-refractivity contribution is 0.555. The molecule has 86 valence electrons. The van der Waals surface area contributed by atoms with Gasteiger partial charge in [-0.05, 0) is 13.8 Å². The molecule has 0 spiro atoms. The Morgan fingerprint density at radius 2 is 2.27 bits per heavy atom. The van der Waals surface area contributed by atoms with Crippen molar-refractivity contribution in [1.29, 1.82) is 0 Å². The van der Waals surface area contributed by atoms with E-state index in [-0.39, 0.29) is 6.04 Å². The van der Waals surface area contributed by atoms with Crippen molar-refractivity contribution in [3.63, 3.8) is 0 Å². The highest BCUT2D eigenvalue weighted by atomic mass is 32.2. The van der Waals surface area contributed by atoms with Crippen LogP contribution in [0.15, 0.2) is 12.5 Å². The van der Waals surface area contributed by atoms with E-state index in [0.717, 1.165) is 5.69 Å². The van der Waals surface area contributed by atoms with Gasteiger partial charge in [0.05, 0.1) is 6.33 Å². The van der Waals surface area contributed by atoms with Crippen molar-refractivity contribution in [2.75, 3.05) is 6.54 Å². The van der Waals surface area contributed by atoms with Gasteiger partial charge in [0.2, 0.25) is 0 Å². The van der Waals surface area contributed by atoms with Crippen LogP contribution < -0.4 is 9.44 Å². The first-order valence-electron chi connectivity index (χ1n) is 4.74. The SMILES string of the molecule is CC(C)NS(=O)(=O)NCCc1cnc[nH]1. The molecular formula is C8H16N4O2S. The molecule has 0 unspecified atom stereocenters. The maximum Gasteiger partial charge on any atom is 0.277 e. The van der Waals surface area contributed by atoms with Crippen LogP contribution in [0, 0.1) is 0 Å². The molecule has 6 nitrogen and oxygen atoms in total. The van der Waals surface area contributed by atoms with E-state index >= 15 is 0 Å². The number of hydrogen-bond acceptors (Lipinski definition) is 3. The van der Waals surface area contributed by atoms with E-state index in [0.29, 0.717) is 13.0 Å². The number of nitrogens with zero attached hydrogens (tertiary/aromatic N) is 1. The normalized spacial score (nSPS) is 12.2. The minimum Gasteiger partial charge on any atom is -0.348 e.